The highest BCUT2D eigenvalue weighted by Crippen LogP contribution is 2.31. The predicted molar refractivity (Wildman–Crippen MR) is 58.6 cm³/mol. The van der Waals surface area contributed by atoms with Crippen LogP contribution in [-0.2, 0) is 11.3 Å². The normalized spacial score (nSPS) is 11.0. The maximum atomic E-state index is 13.5. The summed E-state index contributed by atoms with van der Waals surface area (Å²) in [4.78, 5) is 11.0. The summed E-state index contributed by atoms with van der Waals surface area (Å²) in [5, 5.41) is 9.48. The van der Waals surface area contributed by atoms with Crippen molar-refractivity contribution in [2.24, 2.45) is 0 Å². The van der Waals surface area contributed by atoms with Gasteiger partial charge in [0.1, 0.15) is 0 Å². The van der Waals surface area contributed by atoms with Crippen LogP contribution in [0.3, 0.4) is 0 Å². The van der Waals surface area contributed by atoms with E-state index in [9.17, 15) is 9.18 Å². The molecule has 0 aliphatic carbocycles. The number of aromatic carboxylic acids is 1. The maximum Gasteiger partial charge on any atom is 0.372 e. The van der Waals surface area contributed by atoms with Crippen molar-refractivity contribution in [3.8, 4) is 0 Å². The zero-order valence-corrected chi connectivity index (χ0v) is 9.41. The van der Waals surface area contributed by atoms with E-state index in [-0.39, 0.29) is 18.0 Å². The van der Waals surface area contributed by atoms with E-state index in [0.717, 1.165) is 5.56 Å². The molecule has 0 unspecified atom stereocenters. The van der Waals surface area contributed by atoms with Crippen molar-refractivity contribution in [2.75, 3.05) is 7.11 Å². The average molecular weight is 238 g/mol. The third-order valence-electron chi connectivity index (χ3n) is 2.58. The second-order valence-electron chi connectivity index (χ2n) is 3.72. The van der Waals surface area contributed by atoms with Crippen molar-refractivity contribution in [1.29, 1.82) is 0 Å². The van der Waals surface area contributed by atoms with Crippen LogP contribution in [0.15, 0.2) is 16.5 Å². The van der Waals surface area contributed by atoms with Gasteiger partial charge in [0.2, 0.25) is 5.76 Å². The van der Waals surface area contributed by atoms with Crippen LogP contribution in [0.2, 0.25) is 0 Å². The van der Waals surface area contributed by atoms with Gasteiger partial charge in [-0.25, -0.2) is 9.18 Å². The van der Waals surface area contributed by atoms with Crippen LogP contribution in [0.4, 0.5) is 4.39 Å². The molecule has 90 valence electrons. The first-order valence-corrected chi connectivity index (χ1v) is 4.99. The lowest BCUT2D eigenvalue weighted by atomic mass is 10.1. The number of ether oxygens (including phenoxy) is 1. The molecule has 0 spiro atoms. The molecule has 0 atom stereocenters. The number of halogens is 1. The van der Waals surface area contributed by atoms with Crippen molar-refractivity contribution >= 4 is 16.9 Å². The van der Waals surface area contributed by atoms with E-state index in [1.807, 2.05) is 0 Å². The minimum Gasteiger partial charge on any atom is -0.475 e. The second kappa shape index (κ2) is 4.18. The Bertz CT molecular complexity index is 586. The van der Waals surface area contributed by atoms with E-state index in [2.05, 4.69) is 0 Å². The maximum absolute atomic E-state index is 13.5. The molecule has 1 N–H and O–H groups in total. The monoisotopic (exact) mass is 238 g/mol. The molecule has 0 radical (unpaired) electrons. The van der Waals surface area contributed by atoms with E-state index >= 15 is 0 Å². The highest BCUT2D eigenvalue weighted by atomic mass is 19.1. The highest BCUT2D eigenvalue weighted by Gasteiger charge is 2.22. The lowest BCUT2D eigenvalue weighted by Crippen LogP contribution is -2.00. The van der Waals surface area contributed by atoms with Crippen LogP contribution in [0.25, 0.3) is 11.0 Å². The minimum atomic E-state index is -1.23. The van der Waals surface area contributed by atoms with Crippen LogP contribution < -0.4 is 0 Å². The zero-order valence-electron chi connectivity index (χ0n) is 9.41. The van der Waals surface area contributed by atoms with E-state index in [4.69, 9.17) is 14.3 Å². The molecule has 0 fully saturated rings. The summed E-state index contributed by atoms with van der Waals surface area (Å²) in [5.41, 5.74) is 1.09. The Morgan fingerprint density at radius 2 is 2.24 bits per heavy atom. The largest absolute Gasteiger partial charge is 0.475 e. The van der Waals surface area contributed by atoms with Crippen LogP contribution in [-0.4, -0.2) is 18.2 Å². The van der Waals surface area contributed by atoms with Gasteiger partial charge in [0.25, 0.3) is 0 Å². The third kappa shape index (κ3) is 1.78. The lowest BCUT2D eigenvalue weighted by Gasteiger charge is -2.00. The average Bonchev–Trinajstić information content (AvgIpc) is 2.65. The Morgan fingerprint density at radius 1 is 1.53 bits per heavy atom. The SMILES string of the molecule is COCc1c(C(=O)O)oc2c(F)ccc(C)c12. The quantitative estimate of drug-likeness (QED) is 0.893. The molecule has 4 nitrogen and oxygen atoms in total. The lowest BCUT2D eigenvalue weighted by molar-refractivity contribution is 0.0658. The number of furan rings is 1. The molecule has 0 aliphatic rings. The van der Waals surface area contributed by atoms with Crippen LogP contribution in [0.5, 0.6) is 0 Å². The number of carbonyl (C=O) groups is 1. The Kier molecular flexibility index (Phi) is 2.85. The van der Waals surface area contributed by atoms with Crippen LogP contribution >= 0.6 is 0 Å². The van der Waals surface area contributed by atoms with Gasteiger partial charge in [-0.05, 0) is 18.6 Å². The van der Waals surface area contributed by atoms with Gasteiger partial charge >= 0.3 is 5.97 Å². The predicted octanol–water partition coefficient (Wildman–Crippen LogP) is 2.72. The molecule has 0 bridgehead atoms. The van der Waals surface area contributed by atoms with Gasteiger partial charge in [0.15, 0.2) is 11.4 Å². The third-order valence-corrected chi connectivity index (χ3v) is 2.58. The first kappa shape index (κ1) is 11.6. The summed E-state index contributed by atoms with van der Waals surface area (Å²) in [5.74, 6) is -2.07. The van der Waals surface area contributed by atoms with Gasteiger partial charge in [-0.1, -0.05) is 6.07 Å². The van der Waals surface area contributed by atoms with Crippen molar-refractivity contribution < 1.29 is 23.4 Å². The smallest absolute Gasteiger partial charge is 0.372 e. The topological polar surface area (TPSA) is 59.7 Å². The van der Waals surface area contributed by atoms with Gasteiger partial charge in [0.05, 0.1) is 6.61 Å². The number of aryl methyl sites for hydroxylation is 1. The van der Waals surface area contributed by atoms with Crippen LogP contribution in [0.1, 0.15) is 21.7 Å². The van der Waals surface area contributed by atoms with Gasteiger partial charge < -0.3 is 14.3 Å². The van der Waals surface area contributed by atoms with E-state index in [1.54, 1.807) is 13.0 Å². The molecular weight excluding hydrogens is 227 g/mol. The molecule has 0 aliphatic heterocycles. The Morgan fingerprint density at radius 3 is 2.82 bits per heavy atom. The summed E-state index contributed by atoms with van der Waals surface area (Å²) in [6.07, 6.45) is 0. The summed E-state index contributed by atoms with van der Waals surface area (Å²) >= 11 is 0. The number of hydrogen-bond donors (Lipinski definition) is 1. The minimum absolute atomic E-state index is 0.0329. The number of rotatable bonds is 3. The van der Waals surface area contributed by atoms with E-state index < -0.39 is 11.8 Å². The van der Waals surface area contributed by atoms with E-state index in [0.29, 0.717) is 10.9 Å². The van der Waals surface area contributed by atoms with Crippen molar-refractivity contribution in [1.82, 2.24) is 0 Å². The molecule has 0 saturated carbocycles. The molecule has 17 heavy (non-hydrogen) atoms. The number of hydrogen-bond acceptors (Lipinski definition) is 3. The molecule has 1 heterocycles. The second-order valence-corrected chi connectivity index (χ2v) is 3.72. The van der Waals surface area contributed by atoms with Gasteiger partial charge in [-0.2, -0.15) is 0 Å². The first-order valence-electron chi connectivity index (χ1n) is 4.99. The van der Waals surface area contributed by atoms with Gasteiger partial charge in [-0.3, -0.25) is 0 Å². The molecule has 1 aromatic carbocycles. The number of carboxylic acids is 1. The molecule has 2 aromatic rings. The van der Waals surface area contributed by atoms with Gasteiger partial charge in [-0.15, -0.1) is 0 Å². The standard InChI is InChI=1S/C12H11FO4/c1-6-3-4-8(13)11-9(6)7(5-16-2)10(17-11)12(14)15/h3-4H,5H2,1-2H3,(H,14,15). The fourth-order valence-corrected chi connectivity index (χ4v) is 1.86. The van der Waals surface area contributed by atoms with E-state index in [1.165, 1.54) is 13.2 Å². The molecule has 1 aromatic heterocycles. The van der Waals surface area contributed by atoms with Crippen molar-refractivity contribution in [2.45, 2.75) is 13.5 Å². The summed E-state index contributed by atoms with van der Waals surface area (Å²) in [6.45, 7) is 1.83. The molecule has 5 heteroatoms. The Labute approximate surface area is 96.6 Å². The Balaban J connectivity index is 2.84. The van der Waals surface area contributed by atoms with Crippen molar-refractivity contribution in [3.05, 3.63) is 34.8 Å². The van der Waals surface area contributed by atoms with Crippen LogP contribution in [0, 0.1) is 12.7 Å². The summed E-state index contributed by atoms with van der Waals surface area (Å²) < 4.78 is 23.5. The van der Waals surface area contributed by atoms with Crippen molar-refractivity contribution in [3.63, 3.8) is 0 Å². The zero-order chi connectivity index (χ0) is 12.6. The molecular formula is C12H11FO4. The molecule has 2 rings (SSSR count). The van der Waals surface area contributed by atoms with Gasteiger partial charge in [0, 0.05) is 18.1 Å². The number of fused-ring (bicyclic) bond motifs is 1. The summed E-state index contributed by atoms with van der Waals surface area (Å²) in [7, 11) is 1.44. The fraction of sp³-hybridized carbons (Fsp3) is 0.250. The molecule has 0 amide bonds. The fourth-order valence-electron chi connectivity index (χ4n) is 1.86. The Hall–Kier alpha value is -1.88. The first-order chi connectivity index (χ1) is 8.06. The highest BCUT2D eigenvalue weighted by molar-refractivity contribution is 5.96. The summed E-state index contributed by atoms with van der Waals surface area (Å²) in [6, 6.07) is 2.83. The molecule has 0 saturated heterocycles. The number of carboxylic acid groups (broad SMARTS) is 1. The number of methoxy groups -OCH3 is 1. The number of benzene rings is 1.